The summed E-state index contributed by atoms with van der Waals surface area (Å²) in [4.78, 5) is 4.67. The summed E-state index contributed by atoms with van der Waals surface area (Å²) in [6, 6.07) is 7.50. The van der Waals surface area contributed by atoms with E-state index in [9.17, 15) is 8.42 Å². The molecule has 5 nitrogen and oxygen atoms in total. The molecule has 3 aromatic rings. The van der Waals surface area contributed by atoms with Gasteiger partial charge in [-0.15, -0.1) is 0 Å². The summed E-state index contributed by atoms with van der Waals surface area (Å²) in [6.07, 6.45) is 0.574. The minimum Gasteiger partial charge on any atom is -0.243 e. The number of aromatic nitrogens is 3. The second-order valence-corrected chi connectivity index (χ2v) is 8.34. The summed E-state index contributed by atoms with van der Waals surface area (Å²) in [7, 11) is -2.98. The Morgan fingerprint density at radius 1 is 1.32 bits per heavy atom. The maximum absolute atomic E-state index is 11.7. The highest BCUT2D eigenvalue weighted by atomic mass is 35.5. The molecule has 4 rings (SSSR count). The molecule has 1 aliphatic rings. The monoisotopic (exact) mass is 335 g/mol. The maximum Gasteiger partial charge on any atom is 0.160 e. The molecule has 0 spiro atoms. The number of fused-ring (bicyclic) bond motifs is 2. The third kappa shape index (κ3) is 2.01. The number of rotatable bonds is 1. The molecule has 22 heavy (non-hydrogen) atoms. The maximum atomic E-state index is 11.7. The Hall–Kier alpha value is -1.66. The molecule has 0 saturated carbocycles. The van der Waals surface area contributed by atoms with Crippen LogP contribution in [-0.4, -0.2) is 34.7 Å². The van der Waals surface area contributed by atoms with E-state index in [-0.39, 0.29) is 17.5 Å². The molecular weight excluding hydrogens is 322 g/mol. The van der Waals surface area contributed by atoms with Crippen molar-refractivity contribution in [3.63, 3.8) is 0 Å². The predicted molar refractivity (Wildman–Crippen MR) is 87.1 cm³/mol. The van der Waals surface area contributed by atoms with Gasteiger partial charge >= 0.3 is 0 Å². The van der Waals surface area contributed by atoms with Crippen molar-refractivity contribution < 1.29 is 8.42 Å². The first-order chi connectivity index (χ1) is 10.5. The number of benzene rings is 1. The van der Waals surface area contributed by atoms with Gasteiger partial charge in [-0.1, -0.05) is 29.8 Å². The fourth-order valence-corrected chi connectivity index (χ4v) is 5.20. The van der Waals surface area contributed by atoms with E-state index < -0.39 is 9.84 Å². The van der Waals surface area contributed by atoms with E-state index in [1.165, 1.54) is 0 Å². The number of hydrogen-bond acceptors (Lipinski definition) is 4. The molecule has 0 bridgehead atoms. The van der Waals surface area contributed by atoms with Crippen molar-refractivity contribution in [3.8, 4) is 0 Å². The summed E-state index contributed by atoms with van der Waals surface area (Å²) in [5, 5.41) is 6.85. The largest absolute Gasteiger partial charge is 0.243 e. The third-order valence-corrected chi connectivity index (χ3v) is 6.34. The number of hydrogen-bond donors (Lipinski definition) is 0. The van der Waals surface area contributed by atoms with Crippen molar-refractivity contribution in [3.05, 3.63) is 35.0 Å². The van der Waals surface area contributed by atoms with Gasteiger partial charge in [0.25, 0.3) is 0 Å². The smallest absolute Gasteiger partial charge is 0.160 e. The van der Waals surface area contributed by atoms with Crippen LogP contribution in [0.15, 0.2) is 24.3 Å². The molecule has 1 fully saturated rings. The molecule has 1 atom stereocenters. The van der Waals surface area contributed by atoms with Gasteiger partial charge in [0, 0.05) is 5.39 Å². The van der Waals surface area contributed by atoms with Gasteiger partial charge < -0.3 is 0 Å². The fourth-order valence-electron chi connectivity index (χ4n) is 3.13. The van der Waals surface area contributed by atoms with Crippen LogP contribution in [0.2, 0.25) is 5.02 Å². The Kier molecular flexibility index (Phi) is 2.96. The van der Waals surface area contributed by atoms with Crippen molar-refractivity contribution in [2.45, 2.75) is 19.4 Å². The van der Waals surface area contributed by atoms with Crippen molar-refractivity contribution in [1.29, 1.82) is 0 Å². The standard InChI is InChI=1S/C15H14ClN3O2S/c1-9-13-14(16)11-4-2-3-5-12(11)17-15(13)19(18-9)10-6-7-22(20,21)8-10/h2-5,10H,6-8H2,1H3/t10-/m1/s1. The van der Waals surface area contributed by atoms with Crippen LogP contribution in [0.25, 0.3) is 21.9 Å². The van der Waals surface area contributed by atoms with E-state index >= 15 is 0 Å². The highest BCUT2D eigenvalue weighted by molar-refractivity contribution is 7.91. The number of nitrogens with zero attached hydrogens (tertiary/aromatic N) is 3. The topological polar surface area (TPSA) is 64.8 Å². The second-order valence-electron chi connectivity index (χ2n) is 5.73. The van der Waals surface area contributed by atoms with E-state index in [1.807, 2.05) is 31.2 Å². The van der Waals surface area contributed by atoms with Crippen molar-refractivity contribution >= 4 is 43.4 Å². The van der Waals surface area contributed by atoms with Crippen molar-refractivity contribution in [2.75, 3.05) is 11.5 Å². The zero-order valence-corrected chi connectivity index (χ0v) is 13.5. The van der Waals surface area contributed by atoms with E-state index in [1.54, 1.807) is 4.68 Å². The lowest BCUT2D eigenvalue weighted by atomic mass is 10.1. The van der Waals surface area contributed by atoms with Crippen LogP contribution in [0.5, 0.6) is 0 Å². The summed E-state index contributed by atoms with van der Waals surface area (Å²) in [5.41, 5.74) is 2.24. The third-order valence-electron chi connectivity index (χ3n) is 4.20. The van der Waals surface area contributed by atoms with Gasteiger partial charge in [0.05, 0.1) is 39.2 Å². The van der Waals surface area contributed by atoms with Gasteiger partial charge in [-0.2, -0.15) is 5.10 Å². The fraction of sp³-hybridized carbons (Fsp3) is 0.333. The molecule has 7 heteroatoms. The first-order valence-corrected chi connectivity index (χ1v) is 9.30. The normalized spacial score (nSPS) is 20.9. The van der Waals surface area contributed by atoms with Crippen LogP contribution in [-0.2, 0) is 9.84 Å². The van der Waals surface area contributed by atoms with E-state index in [0.717, 1.165) is 22.0 Å². The number of sulfone groups is 1. The average molecular weight is 336 g/mol. The molecule has 0 unspecified atom stereocenters. The Morgan fingerprint density at radius 3 is 2.82 bits per heavy atom. The lowest BCUT2D eigenvalue weighted by molar-refractivity contribution is 0.509. The highest BCUT2D eigenvalue weighted by Crippen LogP contribution is 2.35. The molecule has 1 saturated heterocycles. The van der Waals surface area contributed by atoms with Gasteiger partial charge in [-0.05, 0) is 19.4 Å². The van der Waals surface area contributed by atoms with Gasteiger partial charge in [-0.25, -0.2) is 18.1 Å². The van der Waals surface area contributed by atoms with Gasteiger partial charge in [-0.3, -0.25) is 0 Å². The Labute approximate surface area is 132 Å². The molecule has 2 aromatic heterocycles. The summed E-state index contributed by atoms with van der Waals surface area (Å²) in [5.74, 6) is 0.328. The molecule has 0 N–H and O–H groups in total. The number of pyridine rings is 1. The predicted octanol–water partition coefficient (Wildman–Crippen LogP) is 2.91. The summed E-state index contributed by atoms with van der Waals surface area (Å²) >= 11 is 6.54. The van der Waals surface area contributed by atoms with Crippen molar-refractivity contribution in [2.24, 2.45) is 0 Å². The van der Waals surface area contributed by atoms with Gasteiger partial charge in [0.1, 0.15) is 0 Å². The van der Waals surface area contributed by atoms with E-state index in [0.29, 0.717) is 17.1 Å². The lowest BCUT2D eigenvalue weighted by Gasteiger charge is -2.10. The Morgan fingerprint density at radius 2 is 2.09 bits per heavy atom. The molecule has 0 aliphatic carbocycles. The zero-order valence-electron chi connectivity index (χ0n) is 12.0. The minimum atomic E-state index is -2.98. The average Bonchev–Trinajstić information content (AvgIpc) is 2.99. The van der Waals surface area contributed by atoms with Crippen molar-refractivity contribution in [1.82, 2.24) is 14.8 Å². The molecule has 114 valence electrons. The van der Waals surface area contributed by atoms with E-state index in [2.05, 4.69) is 10.1 Å². The van der Waals surface area contributed by atoms with Gasteiger partial charge in [0.15, 0.2) is 15.5 Å². The van der Waals surface area contributed by atoms with Crippen LogP contribution in [0.3, 0.4) is 0 Å². The molecule has 1 aromatic carbocycles. The minimum absolute atomic E-state index is 0.120. The molecule has 0 amide bonds. The number of aryl methyl sites for hydroxylation is 1. The lowest BCUT2D eigenvalue weighted by Crippen LogP contribution is -2.13. The Bertz CT molecular complexity index is 1010. The van der Waals surface area contributed by atoms with Crippen LogP contribution in [0.4, 0.5) is 0 Å². The molecular formula is C15H14ClN3O2S. The van der Waals surface area contributed by atoms with Crippen LogP contribution in [0.1, 0.15) is 18.2 Å². The van der Waals surface area contributed by atoms with E-state index in [4.69, 9.17) is 11.6 Å². The second kappa shape index (κ2) is 4.67. The van der Waals surface area contributed by atoms with Crippen LogP contribution in [0, 0.1) is 6.92 Å². The van der Waals surface area contributed by atoms with Gasteiger partial charge in [0.2, 0.25) is 0 Å². The molecule has 0 radical (unpaired) electrons. The Balaban J connectivity index is 2.01. The van der Waals surface area contributed by atoms with Crippen LogP contribution < -0.4 is 0 Å². The SMILES string of the molecule is Cc1nn([C@@H]2CCS(=O)(=O)C2)c2nc3ccccc3c(Cl)c12. The summed E-state index contributed by atoms with van der Waals surface area (Å²) < 4.78 is 25.2. The zero-order chi connectivity index (χ0) is 15.5. The molecule has 1 aliphatic heterocycles. The number of para-hydroxylation sites is 1. The van der Waals surface area contributed by atoms with Crippen LogP contribution >= 0.6 is 11.6 Å². The first kappa shape index (κ1) is 14.0. The molecule has 3 heterocycles. The number of halogens is 1. The first-order valence-electron chi connectivity index (χ1n) is 7.10. The highest BCUT2D eigenvalue weighted by Gasteiger charge is 2.31. The quantitative estimate of drug-likeness (QED) is 0.686. The summed E-state index contributed by atoms with van der Waals surface area (Å²) in [6.45, 7) is 1.88.